The fraction of sp³-hybridized carbons (Fsp3) is 0.538. The molecule has 0 bridgehead atoms. The van der Waals surface area contributed by atoms with Crippen LogP contribution in [0.2, 0.25) is 0 Å². The van der Waals surface area contributed by atoms with Crippen LogP contribution in [-0.4, -0.2) is 12.6 Å². The largest absolute Gasteiger partial charge is 0.380 e. The zero-order valence-electron chi connectivity index (χ0n) is 9.76. The van der Waals surface area contributed by atoms with Gasteiger partial charge in [0.25, 0.3) is 0 Å². The molecule has 0 unspecified atom stereocenters. The van der Waals surface area contributed by atoms with Crippen molar-refractivity contribution in [3.63, 3.8) is 0 Å². The summed E-state index contributed by atoms with van der Waals surface area (Å²) < 4.78 is 26.7. The lowest BCUT2D eigenvalue weighted by atomic mass is 9.86. The molecule has 0 heterocycles. The second-order valence-electron chi connectivity index (χ2n) is 4.76. The third kappa shape index (κ3) is 3.16. The summed E-state index contributed by atoms with van der Waals surface area (Å²) in [5.74, 6) is -0.594. The number of nitrogens with two attached hydrogens (primary N) is 1. The molecule has 0 saturated heterocycles. The van der Waals surface area contributed by atoms with Crippen molar-refractivity contribution in [3.05, 3.63) is 29.8 Å². The van der Waals surface area contributed by atoms with Gasteiger partial charge in [0, 0.05) is 12.6 Å². The first-order chi connectivity index (χ1) is 8.16. The lowest BCUT2D eigenvalue weighted by Crippen LogP contribution is -2.29. The maximum atomic E-state index is 13.3. The number of hydrogen-bond donors (Lipinski definition) is 2. The zero-order chi connectivity index (χ0) is 12.3. The van der Waals surface area contributed by atoms with Crippen LogP contribution in [0, 0.1) is 17.6 Å². The van der Waals surface area contributed by atoms with Gasteiger partial charge in [0.1, 0.15) is 17.3 Å². The molecule has 3 N–H and O–H groups in total. The van der Waals surface area contributed by atoms with E-state index in [2.05, 4.69) is 5.32 Å². The first-order valence-electron chi connectivity index (χ1n) is 6.10. The molecule has 1 aliphatic carbocycles. The molecule has 0 aliphatic heterocycles. The van der Waals surface area contributed by atoms with Crippen LogP contribution in [0.3, 0.4) is 0 Å². The summed E-state index contributed by atoms with van der Waals surface area (Å²) in [5, 5.41) is 2.87. The molecule has 1 aliphatic rings. The van der Waals surface area contributed by atoms with Gasteiger partial charge in [-0.05, 0) is 43.7 Å². The SMILES string of the molecule is NC1CCC(CNc2c(F)cccc2F)CC1. The van der Waals surface area contributed by atoms with Crippen molar-refractivity contribution in [1.29, 1.82) is 0 Å². The van der Waals surface area contributed by atoms with E-state index >= 15 is 0 Å². The van der Waals surface area contributed by atoms with Crippen molar-refractivity contribution < 1.29 is 8.78 Å². The van der Waals surface area contributed by atoms with Gasteiger partial charge in [-0.1, -0.05) is 6.07 Å². The summed E-state index contributed by atoms with van der Waals surface area (Å²) in [4.78, 5) is 0. The number of anilines is 1. The maximum Gasteiger partial charge on any atom is 0.149 e. The third-order valence-electron chi connectivity index (χ3n) is 3.42. The highest BCUT2D eigenvalue weighted by atomic mass is 19.1. The molecule has 0 aromatic heterocycles. The van der Waals surface area contributed by atoms with E-state index in [0.717, 1.165) is 25.7 Å². The number of hydrogen-bond acceptors (Lipinski definition) is 2. The minimum atomic E-state index is -0.530. The fourth-order valence-electron chi connectivity index (χ4n) is 2.31. The normalized spacial score (nSPS) is 24.6. The van der Waals surface area contributed by atoms with Gasteiger partial charge in [-0.3, -0.25) is 0 Å². The van der Waals surface area contributed by atoms with E-state index in [1.54, 1.807) is 0 Å². The molecular weight excluding hydrogens is 222 g/mol. The van der Waals surface area contributed by atoms with E-state index in [0.29, 0.717) is 18.5 Å². The van der Waals surface area contributed by atoms with Gasteiger partial charge in [0.2, 0.25) is 0 Å². The standard InChI is InChI=1S/C13H18F2N2/c14-11-2-1-3-12(15)13(11)17-8-9-4-6-10(16)7-5-9/h1-3,9-10,17H,4-8,16H2. The Balaban J connectivity index is 1.89. The van der Waals surface area contributed by atoms with Crippen LogP contribution in [0.15, 0.2) is 18.2 Å². The van der Waals surface area contributed by atoms with E-state index in [1.165, 1.54) is 18.2 Å². The Kier molecular flexibility index (Phi) is 3.94. The van der Waals surface area contributed by atoms with Crippen molar-refractivity contribution in [3.8, 4) is 0 Å². The third-order valence-corrected chi connectivity index (χ3v) is 3.42. The minimum absolute atomic E-state index is 0.0117. The molecule has 94 valence electrons. The average Bonchev–Trinajstić information content (AvgIpc) is 2.31. The quantitative estimate of drug-likeness (QED) is 0.852. The molecule has 0 spiro atoms. The van der Waals surface area contributed by atoms with E-state index < -0.39 is 11.6 Å². The lowest BCUT2D eigenvalue weighted by Gasteiger charge is -2.26. The summed E-state index contributed by atoms with van der Waals surface area (Å²) in [5.41, 5.74) is 5.80. The van der Waals surface area contributed by atoms with E-state index in [4.69, 9.17) is 5.73 Å². The average molecular weight is 240 g/mol. The maximum absolute atomic E-state index is 13.3. The van der Waals surface area contributed by atoms with Crippen molar-refractivity contribution in [2.75, 3.05) is 11.9 Å². The van der Waals surface area contributed by atoms with Crippen LogP contribution in [0.1, 0.15) is 25.7 Å². The summed E-state index contributed by atoms with van der Waals surface area (Å²) in [6.07, 6.45) is 4.08. The Morgan fingerprint density at radius 2 is 1.71 bits per heavy atom. The van der Waals surface area contributed by atoms with Gasteiger partial charge in [-0.15, -0.1) is 0 Å². The first-order valence-corrected chi connectivity index (χ1v) is 6.10. The van der Waals surface area contributed by atoms with Crippen LogP contribution >= 0.6 is 0 Å². The second kappa shape index (κ2) is 5.45. The number of benzene rings is 1. The minimum Gasteiger partial charge on any atom is -0.380 e. The highest BCUT2D eigenvalue weighted by molar-refractivity contribution is 5.45. The summed E-state index contributed by atoms with van der Waals surface area (Å²) in [6.45, 7) is 0.616. The molecule has 0 radical (unpaired) electrons. The van der Waals surface area contributed by atoms with E-state index in [9.17, 15) is 8.78 Å². The predicted molar refractivity (Wildman–Crippen MR) is 64.8 cm³/mol. The van der Waals surface area contributed by atoms with Crippen LogP contribution in [-0.2, 0) is 0 Å². The number of para-hydroxylation sites is 1. The highest BCUT2D eigenvalue weighted by Gasteiger charge is 2.19. The molecule has 4 heteroatoms. The van der Waals surface area contributed by atoms with Gasteiger partial charge in [0.15, 0.2) is 0 Å². The van der Waals surface area contributed by atoms with Gasteiger partial charge < -0.3 is 11.1 Å². The number of rotatable bonds is 3. The Morgan fingerprint density at radius 1 is 1.12 bits per heavy atom. The molecule has 1 saturated carbocycles. The van der Waals surface area contributed by atoms with Gasteiger partial charge in [0.05, 0.1) is 0 Å². The van der Waals surface area contributed by atoms with Crippen molar-refractivity contribution in [1.82, 2.24) is 0 Å². The Bertz CT molecular complexity index is 353. The molecule has 1 aromatic rings. The summed E-state index contributed by atoms with van der Waals surface area (Å²) in [6, 6.07) is 4.20. The summed E-state index contributed by atoms with van der Waals surface area (Å²) in [7, 11) is 0. The monoisotopic (exact) mass is 240 g/mol. The second-order valence-corrected chi connectivity index (χ2v) is 4.76. The van der Waals surface area contributed by atoms with E-state index in [-0.39, 0.29) is 5.69 Å². The molecule has 2 nitrogen and oxygen atoms in total. The molecule has 17 heavy (non-hydrogen) atoms. The lowest BCUT2D eigenvalue weighted by molar-refractivity contribution is 0.338. The summed E-state index contributed by atoms with van der Waals surface area (Å²) >= 11 is 0. The van der Waals surface area contributed by atoms with E-state index in [1.807, 2.05) is 0 Å². The Hall–Kier alpha value is -1.16. The van der Waals surface area contributed by atoms with Crippen LogP contribution in [0.25, 0.3) is 0 Å². The fourth-order valence-corrected chi connectivity index (χ4v) is 2.31. The Labute approximate surface area is 100 Å². The zero-order valence-corrected chi connectivity index (χ0v) is 9.76. The first kappa shape index (κ1) is 12.3. The van der Waals surface area contributed by atoms with Crippen LogP contribution in [0.4, 0.5) is 14.5 Å². The number of halogens is 2. The molecule has 1 aromatic carbocycles. The van der Waals surface area contributed by atoms with Gasteiger partial charge in [-0.2, -0.15) is 0 Å². The van der Waals surface area contributed by atoms with Crippen molar-refractivity contribution in [2.45, 2.75) is 31.7 Å². The molecular formula is C13H18F2N2. The van der Waals surface area contributed by atoms with Crippen LogP contribution < -0.4 is 11.1 Å². The smallest absolute Gasteiger partial charge is 0.149 e. The highest BCUT2D eigenvalue weighted by Crippen LogP contribution is 2.25. The Morgan fingerprint density at radius 3 is 2.29 bits per heavy atom. The molecule has 1 fully saturated rings. The van der Waals surface area contributed by atoms with Crippen molar-refractivity contribution in [2.24, 2.45) is 11.7 Å². The topological polar surface area (TPSA) is 38.0 Å². The molecule has 2 rings (SSSR count). The van der Waals surface area contributed by atoms with Crippen molar-refractivity contribution >= 4 is 5.69 Å². The molecule has 0 atom stereocenters. The molecule has 0 amide bonds. The number of nitrogens with one attached hydrogen (secondary N) is 1. The predicted octanol–water partition coefficient (Wildman–Crippen LogP) is 2.89. The van der Waals surface area contributed by atoms with Crippen LogP contribution in [0.5, 0.6) is 0 Å². The van der Waals surface area contributed by atoms with Gasteiger partial charge >= 0.3 is 0 Å². The van der Waals surface area contributed by atoms with Gasteiger partial charge in [-0.25, -0.2) is 8.78 Å².